The molecule has 0 fully saturated rings. The van der Waals surface area contributed by atoms with Crippen molar-refractivity contribution in [3.63, 3.8) is 0 Å². The van der Waals surface area contributed by atoms with Crippen molar-refractivity contribution in [2.75, 3.05) is 18.5 Å². The summed E-state index contributed by atoms with van der Waals surface area (Å²) in [6.45, 7) is -0.604. The highest BCUT2D eigenvalue weighted by molar-refractivity contribution is 7.91. The number of amides is 1. The summed E-state index contributed by atoms with van der Waals surface area (Å²) in [4.78, 5) is 23.3. The van der Waals surface area contributed by atoms with Gasteiger partial charge in [0, 0.05) is 6.54 Å². The van der Waals surface area contributed by atoms with Gasteiger partial charge in [0.05, 0.1) is 17.1 Å². The first-order valence-corrected chi connectivity index (χ1v) is 9.86. The van der Waals surface area contributed by atoms with Crippen LogP contribution < -0.4 is 10.0 Å². The van der Waals surface area contributed by atoms with Gasteiger partial charge in [0.1, 0.15) is 4.21 Å². The number of nitrogens with one attached hydrogen (secondary N) is 2. The van der Waals surface area contributed by atoms with Gasteiger partial charge in [0.15, 0.2) is 6.61 Å². The van der Waals surface area contributed by atoms with E-state index >= 15 is 0 Å². The summed E-state index contributed by atoms with van der Waals surface area (Å²) in [6, 6.07) is 9.72. The Labute approximate surface area is 154 Å². The summed E-state index contributed by atoms with van der Waals surface area (Å²) in [5.74, 6) is -1.23. The molecule has 0 aliphatic rings. The van der Waals surface area contributed by atoms with Crippen molar-refractivity contribution in [2.45, 2.75) is 10.6 Å². The van der Waals surface area contributed by atoms with Crippen molar-refractivity contribution < 1.29 is 22.7 Å². The molecule has 7 nitrogen and oxygen atoms in total. The lowest BCUT2D eigenvalue weighted by Gasteiger charge is -2.08. The highest BCUT2D eigenvalue weighted by atomic mass is 35.5. The first-order chi connectivity index (χ1) is 11.9. The molecule has 0 saturated heterocycles. The molecule has 1 aromatic heterocycles. The number of hydrogen-bond acceptors (Lipinski definition) is 6. The standard InChI is InChI=1S/C15H15ClN2O5S2/c16-11-4-1-2-5-12(11)18-13(19)10-23-14(20)7-8-17-25(21,22)15-6-3-9-24-15/h1-6,9,17H,7-8,10H2,(H,18,19). The van der Waals surface area contributed by atoms with Crippen molar-refractivity contribution in [3.8, 4) is 0 Å². The van der Waals surface area contributed by atoms with Gasteiger partial charge < -0.3 is 10.1 Å². The van der Waals surface area contributed by atoms with E-state index in [0.717, 1.165) is 11.3 Å². The molecular weight excluding hydrogens is 388 g/mol. The topological polar surface area (TPSA) is 102 Å². The molecule has 0 unspecified atom stereocenters. The minimum absolute atomic E-state index is 0.120. The fourth-order valence-electron chi connectivity index (χ4n) is 1.74. The lowest BCUT2D eigenvalue weighted by Crippen LogP contribution is -2.27. The SMILES string of the molecule is O=C(COC(=O)CCNS(=O)(=O)c1cccs1)Nc1ccccc1Cl. The van der Waals surface area contributed by atoms with E-state index in [0.29, 0.717) is 10.7 Å². The molecule has 10 heteroatoms. The predicted octanol–water partition coefficient (Wildman–Crippen LogP) is 2.25. The quantitative estimate of drug-likeness (QED) is 0.659. The summed E-state index contributed by atoms with van der Waals surface area (Å²) in [5.41, 5.74) is 0.411. The van der Waals surface area contributed by atoms with Crippen LogP contribution in [0.2, 0.25) is 5.02 Å². The molecule has 2 aromatic rings. The van der Waals surface area contributed by atoms with Crippen molar-refractivity contribution in [3.05, 3.63) is 46.8 Å². The van der Waals surface area contributed by atoms with E-state index in [2.05, 4.69) is 10.0 Å². The van der Waals surface area contributed by atoms with Crippen LogP contribution in [0.15, 0.2) is 46.0 Å². The smallest absolute Gasteiger partial charge is 0.307 e. The zero-order valence-corrected chi connectivity index (χ0v) is 15.3. The van der Waals surface area contributed by atoms with Gasteiger partial charge in [-0.1, -0.05) is 29.8 Å². The Hall–Kier alpha value is -1.94. The molecule has 0 aliphatic heterocycles. The van der Waals surface area contributed by atoms with Crippen molar-refractivity contribution >= 4 is 50.5 Å². The van der Waals surface area contributed by atoms with Crippen molar-refractivity contribution in [1.29, 1.82) is 0 Å². The maximum Gasteiger partial charge on any atom is 0.307 e. The summed E-state index contributed by atoms with van der Waals surface area (Å²) < 4.78 is 30.9. The molecule has 0 radical (unpaired) electrons. The van der Waals surface area contributed by atoms with Crippen LogP contribution in [0.3, 0.4) is 0 Å². The largest absolute Gasteiger partial charge is 0.456 e. The molecule has 0 saturated carbocycles. The third kappa shape index (κ3) is 6.13. The van der Waals surface area contributed by atoms with E-state index in [9.17, 15) is 18.0 Å². The van der Waals surface area contributed by atoms with Crippen LogP contribution in [0.25, 0.3) is 0 Å². The van der Waals surface area contributed by atoms with Crippen LogP contribution >= 0.6 is 22.9 Å². The first-order valence-electron chi connectivity index (χ1n) is 7.11. The highest BCUT2D eigenvalue weighted by Crippen LogP contribution is 2.20. The Morgan fingerprint density at radius 3 is 2.60 bits per heavy atom. The van der Waals surface area contributed by atoms with Crippen LogP contribution in [-0.4, -0.2) is 33.4 Å². The second kappa shape index (κ2) is 8.95. The molecule has 0 spiro atoms. The number of rotatable bonds is 8. The Kier molecular flexibility index (Phi) is 6.94. The minimum atomic E-state index is -3.62. The van der Waals surface area contributed by atoms with Gasteiger partial charge >= 0.3 is 5.97 Å². The molecule has 0 bridgehead atoms. The number of halogens is 1. The molecule has 134 valence electrons. The average molecular weight is 403 g/mol. The number of carbonyl (C=O) groups is 2. The number of ether oxygens (including phenoxy) is 1. The number of carbonyl (C=O) groups excluding carboxylic acids is 2. The van der Waals surface area contributed by atoms with E-state index in [1.165, 1.54) is 6.07 Å². The third-order valence-electron chi connectivity index (χ3n) is 2.89. The fraction of sp³-hybridized carbons (Fsp3) is 0.200. The zero-order valence-electron chi connectivity index (χ0n) is 12.9. The van der Waals surface area contributed by atoms with Crippen LogP contribution in [0.1, 0.15) is 6.42 Å². The van der Waals surface area contributed by atoms with Crippen LogP contribution in [0.4, 0.5) is 5.69 Å². The van der Waals surface area contributed by atoms with Gasteiger partial charge in [-0.05, 0) is 23.6 Å². The van der Waals surface area contributed by atoms with Gasteiger partial charge in [-0.15, -0.1) is 11.3 Å². The third-order valence-corrected chi connectivity index (χ3v) is 6.08. The van der Waals surface area contributed by atoms with Crippen LogP contribution in [0, 0.1) is 0 Å². The van der Waals surface area contributed by atoms with E-state index in [-0.39, 0.29) is 17.2 Å². The monoisotopic (exact) mass is 402 g/mol. The molecule has 1 aromatic carbocycles. The fourth-order valence-corrected chi connectivity index (χ4v) is 3.99. The van der Waals surface area contributed by atoms with E-state index in [4.69, 9.17) is 16.3 Å². The van der Waals surface area contributed by atoms with Crippen molar-refractivity contribution in [1.82, 2.24) is 4.72 Å². The van der Waals surface area contributed by atoms with Gasteiger partial charge in [-0.25, -0.2) is 13.1 Å². The maximum absolute atomic E-state index is 11.8. The van der Waals surface area contributed by atoms with Crippen LogP contribution in [0.5, 0.6) is 0 Å². The maximum atomic E-state index is 11.8. The molecule has 0 atom stereocenters. The normalized spacial score (nSPS) is 11.1. The van der Waals surface area contributed by atoms with E-state index in [1.54, 1.807) is 35.7 Å². The number of esters is 1. The molecule has 1 amide bonds. The number of sulfonamides is 1. The van der Waals surface area contributed by atoms with Gasteiger partial charge in [-0.3, -0.25) is 9.59 Å². The minimum Gasteiger partial charge on any atom is -0.456 e. The molecule has 2 N–H and O–H groups in total. The number of anilines is 1. The Morgan fingerprint density at radius 2 is 1.92 bits per heavy atom. The number of para-hydroxylation sites is 1. The number of hydrogen-bond donors (Lipinski definition) is 2. The van der Waals surface area contributed by atoms with Gasteiger partial charge in [0.25, 0.3) is 5.91 Å². The summed E-state index contributed by atoms with van der Waals surface area (Å²) in [5, 5.41) is 4.51. The highest BCUT2D eigenvalue weighted by Gasteiger charge is 2.15. The van der Waals surface area contributed by atoms with E-state index < -0.39 is 28.5 Å². The van der Waals surface area contributed by atoms with E-state index in [1.807, 2.05) is 0 Å². The molecular formula is C15H15ClN2O5S2. The lowest BCUT2D eigenvalue weighted by atomic mass is 10.3. The van der Waals surface area contributed by atoms with Gasteiger partial charge in [-0.2, -0.15) is 0 Å². The molecule has 2 rings (SSSR count). The van der Waals surface area contributed by atoms with Crippen LogP contribution in [-0.2, 0) is 24.3 Å². The first kappa shape index (κ1) is 19.4. The average Bonchev–Trinajstić information content (AvgIpc) is 3.10. The summed E-state index contributed by atoms with van der Waals surface area (Å²) in [6.07, 6.45) is -0.190. The van der Waals surface area contributed by atoms with Crippen molar-refractivity contribution in [2.24, 2.45) is 0 Å². The zero-order chi connectivity index (χ0) is 18.3. The molecule has 25 heavy (non-hydrogen) atoms. The number of thiophene rings is 1. The van der Waals surface area contributed by atoms with Gasteiger partial charge in [0.2, 0.25) is 10.0 Å². The summed E-state index contributed by atoms with van der Waals surface area (Å²) >= 11 is 6.97. The molecule has 0 aliphatic carbocycles. The second-order valence-corrected chi connectivity index (χ2v) is 8.12. The molecule has 1 heterocycles. The Morgan fingerprint density at radius 1 is 1.16 bits per heavy atom. The second-order valence-electron chi connectivity index (χ2n) is 4.77. The predicted molar refractivity (Wildman–Crippen MR) is 95.2 cm³/mol. The Balaban J connectivity index is 1.70. The number of benzene rings is 1. The lowest BCUT2D eigenvalue weighted by molar-refractivity contribution is -0.147. The Bertz CT molecular complexity index is 837. The summed E-state index contributed by atoms with van der Waals surface area (Å²) in [7, 11) is -3.62.